The van der Waals surface area contributed by atoms with Crippen LogP contribution in [-0.2, 0) is 26.0 Å². The monoisotopic (exact) mass is 484 g/mol. The molecule has 1 fully saturated rings. The summed E-state index contributed by atoms with van der Waals surface area (Å²) in [5.41, 5.74) is 0.950. The average Bonchev–Trinajstić information content (AvgIpc) is 3.22. The number of hydrogen-bond donors (Lipinski definition) is 2. The van der Waals surface area contributed by atoms with Gasteiger partial charge < -0.3 is 10.4 Å². The number of carbonyl (C=O) groups is 2. The van der Waals surface area contributed by atoms with Crippen molar-refractivity contribution in [2.24, 2.45) is 0 Å². The number of halogens is 2. The van der Waals surface area contributed by atoms with Crippen molar-refractivity contribution in [2.45, 2.75) is 42.7 Å². The van der Waals surface area contributed by atoms with Gasteiger partial charge in [0.2, 0.25) is 15.9 Å². The summed E-state index contributed by atoms with van der Waals surface area (Å²) < 4.78 is 27.3. The SMILES string of the molecule is O=C(O)C(CCc1ccccc1)NC(=O)C1CCCN1S(=O)(=O)c1cc(Cl)cc(Cl)c1. The highest BCUT2D eigenvalue weighted by Gasteiger charge is 2.40. The summed E-state index contributed by atoms with van der Waals surface area (Å²) in [5, 5.41) is 12.4. The van der Waals surface area contributed by atoms with Gasteiger partial charge in [-0.3, -0.25) is 4.79 Å². The third-order valence-electron chi connectivity index (χ3n) is 5.13. The van der Waals surface area contributed by atoms with Gasteiger partial charge >= 0.3 is 5.97 Å². The van der Waals surface area contributed by atoms with Crippen LogP contribution in [0.3, 0.4) is 0 Å². The van der Waals surface area contributed by atoms with Gasteiger partial charge in [0.05, 0.1) is 4.90 Å². The summed E-state index contributed by atoms with van der Waals surface area (Å²) in [6, 6.07) is 11.2. The fraction of sp³-hybridized carbons (Fsp3) is 0.333. The number of nitrogens with one attached hydrogen (secondary N) is 1. The normalized spacial score (nSPS) is 17.9. The molecule has 0 bridgehead atoms. The highest BCUT2D eigenvalue weighted by molar-refractivity contribution is 7.89. The van der Waals surface area contributed by atoms with Crippen LogP contribution in [0.25, 0.3) is 0 Å². The molecule has 0 radical (unpaired) electrons. The van der Waals surface area contributed by atoms with Gasteiger partial charge in [0.15, 0.2) is 0 Å². The van der Waals surface area contributed by atoms with Crippen LogP contribution in [0.2, 0.25) is 10.0 Å². The summed E-state index contributed by atoms with van der Waals surface area (Å²) >= 11 is 11.9. The minimum absolute atomic E-state index is 0.108. The van der Waals surface area contributed by atoms with E-state index in [0.29, 0.717) is 19.3 Å². The largest absolute Gasteiger partial charge is 0.480 e. The number of hydrogen-bond acceptors (Lipinski definition) is 4. The number of benzene rings is 2. The molecule has 1 heterocycles. The van der Waals surface area contributed by atoms with E-state index in [1.54, 1.807) is 0 Å². The lowest BCUT2D eigenvalue weighted by Crippen LogP contribution is -2.50. The van der Waals surface area contributed by atoms with Crippen LogP contribution in [0.4, 0.5) is 0 Å². The molecule has 2 unspecified atom stereocenters. The highest BCUT2D eigenvalue weighted by Crippen LogP contribution is 2.30. The molecule has 2 aromatic rings. The molecular weight excluding hydrogens is 463 g/mol. The second-order valence-electron chi connectivity index (χ2n) is 7.30. The summed E-state index contributed by atoms with van der Waals surface area (Å²) in [6.45, 7) is 0.145. The lowest BCUT2D eigenvalue weighted by molar-refractivity contribution is -0.142. The van der Waals surface area contributed by atoms with Crippen LogP contribution in [0, 0.1) is 0 Å². The molecule has 1 saturated heterocycles. The molecule has 2 aromatic carbocycles. The van der Waals surface area contributed by atoms with Crippen LogP contribution in [0.1, 0.15) is 24.8 Å². The van der Waals surface area contributed by atoms with Gasteiger partial charge in [-0.1, -0.05) is 53.5 Å². The van der Waals surface area contributed by atoms with Crippen molar-refractivity contribution >= 4 is 45.1 Å². The average molecular weight is 485 g/mol. The minimum Gasteiger partial charge on any atom is -0.480 e. The van der Waals surface area contributed by atoms with Crippen LogP contribution < -0.4 is 5.32 Å². The van der Waals surface area contributed by atoms with E-state index in [9.17, 15) is 23.1 Å². The molecule has 0 aliphatic carbocycles. The Morgan fingerprint density at radius 2 is 1.77 bits per heavy atom. The van der Waals surface area contributed by atoms with Crippen molar-refractivity contribution < 1.29 is 23.1 Å². The molecule has 0 spiro atoms. The Kier molecular flexibility index (Phi) is 7.59. The van der Waals surface area contributed by atoms with Gasteiger partial charge in [0.1, 0.15) is 12.1 Å². The third-order valence-corrected chi connectivity index (χ3v) is 7.45. The van der Waals surface area contributed by atoms with Gasteiger partial charge in [0, 0.05) is 16.6 Å². The molecule has 3 rings (SSSR count). The minimum atomic E-state index is -4.03. The van der Waals surface area contributed by atoms with E-state index in [2.05, 4.69) is 5.32 Å². The first kappa shape index (κ1) is 23.5. The molecule has 31 heavy (non-hydrogen) atoms. The van der Waals surface area contributed by atoms with E-state index in [0.717, 1.165) is 9.87 Å². The quantitative estimate of drug-likeness (QED) is 0.597. The van der Waals surface area contributed by atoms with Crippen molar-refractivity contribution in [1.82, 2.24) is 9.62 Å². The zero-order valence-electron chi connectivity index (χ0n) is 16.5. The molecule has 0 saturated carbocycles. The number of carboxylic acids is 1. The summed E-state index contributed by atoms with van der Waals surface area (Å²) in [5.74, 6) is -1.80. The van der Waals surface area contributed by atoms with Crippen molar-refractivity contribution in [1.29, 1.82) is 0 Å². The molecule has 7 nitrogen and oxygen atoms in total. The fourth-order valence-corrected chi connectivity index (χ4v) is 5.97. The first-order chi connectivity index (χ1) is 14.7. The lowest BCUT2D eigenvalue weighted by Gasteiger charge is -2.25. The van der Waals surface area contributed by atoms with Gasteiger partial charge in [-0.15, -0.1) is 0 Å². The molecule has 166 valence electrons. The second kappa shape index (κ2) is 9.99. The number of aliphatic carboxylic acids is 1. The first-order valence-corrected chi connectivity index (χ1v) is 11.9. The molecular formula is C21H22Cl2N2O5S. The fourth-order valence-electron chi connectivity index (χ4n) is 3.58. The van der Waals surface area contributed by atoms with Crippen LogP contribution >= 0.6 is 23.2 Å². The Morgan fingerprint density at radius 3 is 2.39 bits per heavy atom. The van der Waals surface area contributed by atoms with Crippen LogP contribution in [0.15, 0.2) is 53.4 Å². The van der Waals surface area contributed by atoms with Crippen molar-refractivity contribution in [3.63, 3.8) is 0 Å². The summed E-state index contributed by atoms with van der Waals surface area (Å²) in [7, 11) is -4.03. The Morgan fingerprint density at radius 1 is 1.13 bits per heavy atom. The van der Waals surface area contributed by atoms with Crippen LogP contribution in [-0.4, -0.2) is 48.3 Å². The maximum absolute atomic E-state index is 13.1. The van der Waals surface area contributed by atoms with Crippen molar-refractivity contribution in [3.05, 3.63) is 64.1 Å². The Hall–Kier alpha value is -2.13. The molecule has 0 aromatic heterocycles. The number of amides is 1. The summed E-state index contributed by atoms with van der Waals surface area (Å²) in [4.78, 5) is 24.4. The maximum Gasteiger partial charge on any atom is 0.326 e. The standard InChI is InChI=1S/C21H22Cl2N2O5S/c22-15-11-16(23)13-17(12-15)31(29,30)25-10-4-7-19(25)20(26)24-18(21(27)28)9-8-14-5-2-1-3-6-14/h1-3,5-6,11-13,18-19H,4,7-10H2,(H,24,26)(H,27,28). The van der Waals surface area contributed by atoms with Gasteiger partial charge in [-0.25, -0.2) is 13.2 Å². The topological polar surface area (TPSA) is 104 Å². The Labute approximate surface area is 191 Å². The number of rotatable bonds is 8. The van der Waals surface area contributed by atoms with E-state index in [4.69, 9.17) is 23.2 Å². The molecule has 1 aliphatic heterocycles. The highest BCUT2D eigenvalue weighted by atomic mass is 35.5. The Balaban J connectivity index is 1.74. The lowest BCUT2D eigenvalue weighted by atomic mass is 10.0. The van der Waals surface area contributed by atoms with E-state index >= 15 is 0 Å². The molecule has 2 atom stereocenters. The zero-order valence-corrected chi connectivity index (χ0v) is 18.8. The van der Waals surface area contributed by atoms with E-state index in [1.165, 1.54) is 18.2 Å². The smallest absolute Gasteiger partial charge is 0.326 e. The maximum atomic E-state index is 13.1. The number of carbonyl (C=O) groups excluding carboxylic acids is 1. The third kappa shape index (κ3) is 5.77. The van der Waals surface area contributed by atoms with E-state index in [-0.39, 0.29) is 27.9 Å². The molecule has 10 heteroatoms. The number of aryl methyl sites for hydroxylation is 1. The first-order valence-electron chi connectivity index (χ1n) is 9.73. The van der Waals surface area contributed by atoms with Gasteiger partial charge in [-0.2, -0.15) is 4.31 Å². The van der Waals surface area contributed by atoms with Gasteiger partial charge in [-0.05, 0) is 49.4 Å². The van der Waals surface area contributed by atoms with Crippen LogP contribution in [0.5, 0.6) is 0 Å². The summed E-state index contributed by atoms with van der Waals surface area (Å²) in [6.07, 6.45) is 1.43. The predicted molar refractivity (Wildman–Crippen MR) is 118 cm³/mol. The molecule has 2 N–H and O–H groups in total. The van der Waals surface area contributed by atoms with Crippen molar-refractivity contribution in [3.8, 4) is 0 Å². The number of nitrogens with zero attached hydrogens (tertiary/aromatic N) is 1. The van der Waals surface area contributed by atoms with Crippen molar-refractivity contribution in [2.75, 3.05) is 6.54 Å². The molecule has 1 amide bonds. The Bertz CT molecular complexity index is 1040. The second-order valence-corrected chi connectivity index (χ2v) is 10.1. The van der Waals surface area contributed by atoms with E-state index < -0.39 is 34.0 Å². The number of sulfonamides is 1. The zero-order chi connectivity index (χ0) is 22.6. The molecule has 1 aliphatic rings. The number of carboxylic acid groups (broad SMARTS) is 1. The predicted octanol–water partition coefficient (Wildman–Crippen LogP) is 3.35. The van der Waals surface area contributed by atoms with E-state index in [1.807, 2.05) is 30.3 Å². The van der Waals surface area contributed by atoms with Gasteiger partial charge in [0.25, 0.3) is 0 Å².